The van der Waals surface area contributed by atoms with Gasteiger partial charge in [0.1, 0.15) is 0 Å². The van der Waals surface area contributed by atoms with Crippen molar-refractivity contribution in [2.45, 2.75) is 12.7 Å². The average Bonchev–Trinajstić information content (AvgIpc) is 2.38. The maximum atomic E-state index is 13.0. The van der Waals surface area contributed by atoms with Crippen LogP contribution in [0.2, 0.25) is 0 Å². The van der Waals surface area contributed by atoms with E-state index in [4.69, 9.17) is 5.73 Å². The van der Waals surface area contributed by atoms with Gasteiger partial charge in [0.05, 0.1) is 5.56 Å². The quantitative estimate of drug-likeness (QED) is 0.891. The van der Waals surface area contributed by atoms with Gasteiger partial charge in [0.25, 0.3) is 0 Å². The second kappa shape index (κ2) is 4.78. The maximum Gasteiger partial charge on any atom is 0.417 e. The van der Waals surface area contributed by atoms with E-state index < -0.39 is 11.7 Å². The van der Waals surface area contributed by atoms with E-state index in [9.17, 15) is 13.2 Å². The van der Waals surface area contributed by atoms with Crippen molar-refractivity contribution in [2.75, 3.05) is 0 Å². The first-order chi connectivity index (χ1) is 8.54. The zero-order valence-corrected chi connectivity index (χ0v) is 9.41. The molecule has 1 aromatic carbocycles. The summed E-state index contributed by atoms with van der Waals surface area (Å²) in [5, 5.41) is 0. The molecule has 2 aromatic rings. The Labute approximate surface area is 102 Å². The molecule has 0 aliphatic carbocycles. The van der Waals surface area contributed by atoms with Crippen LogP contribution in [0.3, 0.4) is 0 Å². The third kappa shape index (κ3) is 2.36. The monoisotopic (exact) mass is 252 g/mol. The fourth-order valence-corrected chi connectivity index (χ4v) is 1.87. The van der Waals surface area contributed by atoms with Crippen molar-refractivity contribution in [3.8, 4) is 11.1 Å². The third-order valence-electron chi connectivity index (χ3n) is 2.65. The van der Waals surface area contributed by atoms with Crippen molar-refractivity contribution in [2.24, 2.45) is 5.73 Å². The van der Waals surface area contributed by atoms with Gasteiger partial charge in [-0.3, -0.25) is 4.98 Å². The second-order valence-electron chi connectivity index (χ2n) is 3.78. The normalized spacial score (nSPS) is 11.6. The Morgan fingerprint density at radius 2 is 1.72 bits per heavy atom. The van der Waals surface area contributed by atoms with E-state index in [1.54, 1.807) is 18.2 Å². The van der Waals surface area contributed by atoms with Gasteiger partial charge in [-0.2, -0.15) is 13.2 Å². The summed E-state index contributed by atoms with van der Waals surface area (Å²) in [5.74, 6) is 0. The van der Waals surface area contributed by atoms with Gasteiger partial charge in [0.15, 0.2) is 0 Å². The maximum absolute atomic E-state index is 13.0. The first kappa shape index (κ1) is 12.6. The summed E-state index contributed by atoms with van der Waals surface area (Å²) in [5.41, 5.74) is 5.92. The number of nitrogens with two attached hydrogens (primary N) is 1. The molecule has 5 heteroatoms. The first-order valence-corrected chi connectivity index (χ1v) is 5.33. The number of alkyl halides is 3. The van der Waals surface area contributed by atoms with E-state index in [2.05, 4.69) is 4.98 Å². The summed E-state index contributed by atoms with van der Waals surface area (Å²) in [7, 11) is 0. The Morgan fingerprint density at radius 1 is 1.06 bits per heavy atom. The highest BCUT2D eigenvalue weighted by molar-refractivity contribution is 5.71. The average molecular weight is 252 g/mol. The summed E-state index contributed by atoms with van der Waals surface area (Å²) in [4.78, 5) is 3.81. The summed E-state index contributed by atoms with van der Waals surface area (Å²) in [6, 6.07) is 7.13. The third-order valence-corrected chi connectivity index (χ3v) is 2.65. The minimum Gasteiger partial charge on any atom is -0.326 e. The molecule has 0 fully saturated rings. The second-order valence-corrected chi connectivity index (χ2v) is 3.78. The van der Waals surface area contributed by atoms with Crippen molar-refractivity contribution in [3.05, 3.63) is 53.9 Å². The van der Waals surface area contributed by atoms with E-state index in [-0.39, 0.29) is 12.1 Å². The molecular weight excluding hydrogens is 241 g/mol. The Balaban J connectivity index is 2.70. The van der Waals surface area contributed by atoms with Crippen molar-refractivity contribution in [3.63, 3.8) is 0 Å². The fraction of sp³-hybridized carbons (Fsp3) is 0.154. The molecule has 1 heterocycles. The van der Waals surface area contributed by atoms with Crippen molar-refractivity contribution in [1.29, 1.82) is 0 Å². The molecule has 0 saturated heterocycles. The SMILES string of the molecule is NCc1cccc(C(F)(F)F)c1-c1ccncc1. The van der Waals surface area contributed by atoms with Crippen LogP contribution in [0.1, 0.15) is 11.1 Å². The van der Waals surface area contributed by atoms with Crippen LogP contribution in [-0.2, 0) is 12.7 Å². The topological polar surface area (TPSA) is 38.9 Å². The molecule has 94 valence electrons. The van der Waals surface area contributed by atoms with E-state index >= 15 is 0 Å². The van der Waals surface area contributed by atoms with Gasteiger partial charge in [0.2, 0.25) is 0 Å². The van der Waals surface area contributed by atoms with E-state index in [1.165, 1.54) is 18.5 Å². The molecule has 0 amide bonds. The molecule has 2 N–H and O–H groups in total. The van der Waals surface area contributed by atoms with Gasteiger partial charge >= 0.3 is 6.18 Å². The number of pyridine rings is 1. The van der Waals surface area contributed by atoms with Gasteiger partial charge in [-0.1, -0.05) is 12.1 Å². The predicted molar refractivity (Wildman–Crippen MR) is 62.6 cm³/mol. The Hall–Kier alpha value is -1.88. The van der Waals surface area contributed by atoms with Crippen LogP contribution in [0.4, 0.5) is 13.2 Å². The highest BCUT2D eigenvalue weighted by Gasteiger charge is 2.34. The zero-order valence-electron chi connectivity index (χ0n) is 9.41. The molecule has 0 aliphatic heterocycles. The van der Waals surface area contributed by atoms with E-state index in [1.807, 2.05) is 0 Å². The lowest BCUT2D eigenvalue weighted by molar-refractivity contribution is -0.137. The summed E-state index contributed by atoms with van der Waals surface area (Å²) in [6.45, 7) is 0.0571. The summed E-state index contributed by atoms with van der Waals surface area (Å²) < 4.78 is 39.0. The lowest BCUT2D eigenvalue weighted by Crippen LogP contribution is -2.10. The molecule has 0 bridgehead atoms. The van der Waals surface area contributed by atoms with Gasteiger partial charge < -0.3 is 5.73 Å². The van der Waals surface area contributed by atoms with Crippen LogP contribution in [0, 0.1) is 0 Å². The van der Waals surface area contributed by atoms with Gasteiger partial charge in [-0.15, -0.1) is 0 Å². The molecular formula is C13H11F3N2. The summed E-state index contributed by atoms with van der Waals surface area (Å²) >= 11 is 0. The van der Waals surface area contributed by atoms with Crippen LogP contribution in [0.25, 0.3) is 11.1 Å². The van der Waals surface area contributed by atoms with Crippen LogP contribution < -0.4 is 5.73 Å². The fourth-order valence-electron chi connectivity index (χ4n) is 1.87. The summed E-state index contributed by atoms with van der Waals surface area (Å²) in [6.07, 6.45) is -1.48. The molecule has 18 heavy (non-hydrogen) atoms. The van der Waals surface area contributed by atoms with Gasteiger partial charge in [0, 0.05) is 18.9 Å². The van der Waals surface area contributed by atoms with Crippen LogP contribution in [-0.4, -0.2) is 4.98 Å². The molecule has 0 unspecified atom stereocenters. The Bertz CT molecular complexity index is 536. The number of rotatable bonds is 2. The number of nitrogens with zero attached hydrogens (tertiary/aromatic N) is 1. The Morgan fingerprint density at radius 3 is 2.28 bits per heavy atom. The minimum atomic E-state index is -4.40. The largest absolute Gasteiger partial charge is 0.417 e. The molecule has 0 saturated carbocycles. The van der Waals surface area contributed by atoms with Crippen LogP contribution >= 0.6 is 0 Å². The van der Waals surface area contributed by atoms with E-state index in [0.29, 0.717) is 11.1 Å². The molecule has 0 aliphatic rings. The molecule has 2 nitrogen and oxygen atoms in total. The van der Waals surface area contributed by atoms with Gasteiger partial charge in [-0.05, 0) is 34.9 Å². The van der Waals surface area contributed by atoms with Crippen molar-refractivity contribution in [1.82, 2.24) is 4.98 Å². The van der Waals surface area contributed by atoms with E-state index in [0.717, 1.165) is 6.07 Å². The van der Waals surface area contributed by atoms with Crippen molar-refractivity contribution < 1.29 is 13.2 Å². The molecule has 0 spiro atoms. The molecule has 0 radical (unpaired) electrons. The number of benzene rings is 1. The zero-order chi connectivity index (χ0) is 13.2. The Kier molecular flexibility index (Phi) is 3.34. The number of hydrogen-bond donors (Lipinski definition) is 1. The highest BCUT2D eigenvalue weighted by Crippen LogP contribution is 2.38. The highest BCUT2D eigenvalue weighted by atomic mass is 19.4. The number of halogens is 3. The smallest absolute Gasteiger partial charge is 0.326 e. The first-order valence-electron chi connectivity index (χ1n) is 5.33. The number of hydrogen-bond acceptors (Lipinski definition) is 2. The van der Waals surface area contributed by atoms with Crippen LogP contribution in [0.5, 0.6) is 0 Å². The predicted octanol–water partition coefficient (Wildman–Crippen LogP) is 3.23. The molecule has 2 rings (SSSR count). The van der Waals surface area contributed by atoms with Crippen molar-refractivity contribution >= 4 is 0 Å². The standard InChI is InChI=1S/C13H11F3N2/c14-13(15,16)11-3-1-2-10(8-17)12(11)9-4-6-18-7-5-9/h1-7H,8,17H2. The minimum absolute atomic E-state index is 0.0571. The lowest BCUT2D eigenvalue weighted by Gasteiger charge is -2.16. The molecule has 1 aromatic heterocycles. The number of aromatic nitrogens is 1. The molecule has 0 atom stereocenters. The van der Waals surface area contributed by atoms with Crippen LogP contribution in [0.15, 0.2) is 42.7 Å². The van der Waals surface area contributed by atoms with Gasteiger partial charge in [-0.25, -0.2) is 0 Å². The lowest BCUT2D eigenvalue weighted by atomic mass is 9.94.